The maximum atomic E-state index is 13.3. The standard InChI is InChI=1S/C33H42ClN5O8S/c1-3-5-30(41)36(4-2)15-12-31(42)47-22-35-18-28-32(43)39(21-38(28)20-35)26-10-13-37(14-11-26)33(44)29(40)19-48(45,46)27-9-7-23-16-25(34)8-6-24(23)17-27/h6-9,16-18,26,29,40H,3-5,10-15,19-22H2,1-2H3/t29-/m1/s1. The van der Waals surface area contributed by atoms with Gasteiger partial charge in [0.25, 0.3) is 11.8 Å². The molecular formula is C33H42ClN5O8S. The fourth-order valence-corrected chi connectivity index (χ4v) is 7.83. The highest BCUT2D eigenvalue weighted by Crippen LogP contribution is 2.30. The SMILES string of the molecule is CCCC(=O)N(CC)CCC(=O)OCN1C=C2C(=O)N(C3CCN(C(=O)[C@H](O)CS(=O)(=O)c4ccc5cc(Cl)ccc5c4)CC3)CN2C1. The Labute approximate surface area is 285 Å². The van der Waals surface area contributed by atoms with Crippen molar-refractivity contribution in [1.29, 1.82) is 0 Å². The van der Waals surface area contributed by atoms with E-state index in [1.807, 2.05) is 18.7 Å². The van der Waals surface area contributed by atoms with Crippen LogP contribution >= 0.6 is 11.6 Å². The maximum absolute atomic E-state index is 13.3. The largest absolute Gasteiger partial charge is 0.444 e. The van der Waals surface area contributed by atoms with Crippen LogP contribution < -0.4 is 0 Å². The lowest BCUT2D eigenvalue weighted by Crippen LogP contribution is -2.51. The number of esters is 1. The van der Waals surface area contributed by atoms with Crippen LogP contribution in [0.1, 0.15) is 46.0 Å². The van der Waals surface area contributed by atoms with Gasteiger partial charge in [-0.25, -0.2) is 8.42 Å². The lowest BCUT2D eigenvalue weighted by molar-refractivity contribution is -0.148. The summed E-state index contributed by atoms with van der Waals surface area (Å²) in [6, 6.07) is 9.57. The van der Waals surface area contributed by atoms with E-state index in [9.17, 15) is 32.7 Å². The predicted molar refractivity (Wildman–Crippen MR) is 178 cm³/mol. The number of hydrogen-bond donors (Lipinski definition) is 1. The molecule has 1 N–H and O–H groups in total. The normalized spacial score (nSPS) is 17.5. The summed E-state index contributed by atoms with van der Waals surface area (Å²) in [5, 5.41) is 12.6. The second-order valence-corrected chi connectivity index (χ2v) is 14.8. The number of carbonyl (C=O) groups excluding carboxylic acids is 4. The number of sulfone groups is 1. The molecule has 0 bridgehead atoms. The van der Waals surface area contributed by atoms with E-state index < -0.39 is 33.6 Å². The van der Waals surface area contributed by atoms with Gasteiger partial charge in [0.15, 0.2) is 16.6 Å². The van der Waals surface area contributed by atoms with E-state index in [2.05, 4.69) is 0 Å². The number of amides is 3. The molecule has 3 heterocycles. The molecule has 0 aromatic heterocycles. The highest BCUT2D eigenvalue weighted by molar-refractivity contribution is 7.91. The Morgan fingerprint density at radius 1 is 1.04 bits per heavy atom. The Hall–Kier alpha value is -3.88. The van der Waals surface area contributed by atoms with Crippen LogP contribution in [-0.2, 0) is 33.8 Å². The molecule has 3 aliphatic heterocycles. The molecular weight excluding hydrogens is 662 g/mol. The lowest BCUT2D eigenvalue weighted by atomic mass is 10.0. The van der Waals surface area contributed by atoms with Crippen LogP contribution in [-0.4, -0.2) is 126 Å². The minimum Gasteiger partial charge on any atom is -0.444 e. The molecule has 2 fully saturated rings. The summed E-state index contributed by atoms with van der Waals surface area (Å²) in [4.78, 5) is 59.2. The number of ether oxygens (including phenoxy) is 1. The third kappa shape index (κ3) is 8.04. The predicted octanol–water partition coefficient (Wildman–Crippen LogP) is 2.37. The summed E-state index contributed by atoms with van der Waals surface area (Å²) >= 11 is 6.02. The second kappa shape index (κ2) is 15.1. The summed E-state index contributed by atoms with van der Waals surface area (Å²) in [7, 11) is -3.95. The quantitative estimate of drug-likeness (QED) is 0.309. The van der Waals surface area contributed by atoms with Crippen molar-refractivity contribution < 1.29 is 37.4 Å². The van der Waals surface area contributed by atoms with Crippen LogP contribution in [0.15, 0.2) is 53.2 Å². The molecule has 5 rings (SSSR count). The van der Waals surface area contributed by atoms with Gasteiger partial charge in [-0.1, -0.05) is 30.7 Å². The number of fused-ring (bicyclic) bond motifs is 2. The monoisotopic (exact) mass is 703 g/mol. The van der Waals surface area contributed by atoms with E-state index in [-0.39, 0.29) is 49.0 Å². The third-order valence-electron chi connectivity index (χ3n) is 8.99. The first kappa shape index (κ1) is 35.4. The molecule has 0 spiro atoms. The molecule has 0 unspecified atom stereocenters. The molecule has 0 saturated carbocycles. The molecule has 2 saturated heterocycles. The number of carbonyl (C=O) groups is 4. The lowest BCUT2D eigenvalue weighted by Gasteiger charge is -2.37. The van der Waals surface area contributed by atoms with Crippen molar-refractivity contribution in [2.45, 2.75) is 63.0 Å². The molecule has 2 aromatic rings. The third-order valence-corrected chi connectivity index (χ3v) is 11.0. The van der Waals surface area contributed by atoms with Crippen molar-refractivity contribution >= 4 is 55.9 Å². The van der Waals surface area contributed by atoms with Crippen molar-refractivity contribution in [1.82, 2.24) is 24.5 Å². The van der Waals surface area contributed by atoms with E-state index in [0.29, 0.717) is 61.8 Å². The summed E-state index contributed by atoms with van der Waals surface area (Å²) < 4.78 is 31.5. The van der Waals surface area contributed by atoms with Crippen LogP contribution in [0.2, 0.25) is 5.02 Å². The molecule has 2 aromatic carbocycles. The maximum Gasteiger partial charge on any atom is 0.309 e. The molecule has 1 atom stereocenters. The number of benzene rings is 2. The molecule has 3 aliphatic rings. The zero-order valence-electron chi connectivity index (χ0n) is 27.2. The number of aliphatic hydroxyl groups is 1. The first-order valence-corrected chi connectivity index (χ1v) is 18.3. The van der Waals surface area contributed by atoms with E-state index in [1.54, 1.807) is 45.2 Å². The van der Waals surface area contributed by atoms with Crippen molar-refractivity contribution in [2.75, 3.05) is 52.0 Å². The highest BCUT2D eigenvalue weighted by atomic mass is 35.5. The fraction of sp³-hybridized carbons (Fsp3) is 0.515. The van der Waals surface area contributed by atoms with Gasteiger partial charge in [0.1, 0.15) is 11.8 Å². The average molecular weight is 704 g/mol. The number of piperidine rings is 1. The van der Waals surface area contributed by atoms with Gasteiger partial charge in [-0.05, 0) is 61.2 Å². The van der Waals surface area contributed by atoms with Gasteiger partial charge in [-0.15, -0.1) is 0 Å². The first-order chi connectivity index (χ1) is 22.9. The second-order valence-electron chi connectivity index (χ2n) is 12.3. The molecule has 13 nitrogen and oxygen atoms in total. The van der Waals surface area contributed by atoms with Crippen molar-refractivity contribution in [3.05, 3.63) is 53.3 Å². The zero-order chi connectivity index (χ0) is 34.6. The van der Waals surface area contributed by atoms with Gasteiger partial charge in [-0.2, -0.15) is 0 Å². The highest BCUT2D eigenvalue weighted by Gasteiger charge is 2.42. The Morgan fingerprint density at radius 3 is 2.44 bits per heavy atom. The van der Waals surface area contributed by atoms with Gasteiger partial charge in [0.2, 0.25) is 5.91 Å². The van der Waals surface area contributed by atoms with Crippen molar-refractivity contribution in [3.63, 3.8) is 0 Å². The number of aliphatic hydroxyl groups excluding tert-OH is 1. The number of nitrogens with zero attached hydrogens (tertiary/aromatic N) is 5. The number of hydrogen-bond acceptors (Lipinski definition) is 10. The molecule has 260 valence electrons. The Morgan fingerprint density at radius 2 is 1.75 bits per heavy atom. The average Bonchev–Trinajstić information content (AvgIpc) is 3.61. The van der Waals surface area contributed by atoms with Gasteiger partial charge in [0.05, 0.1) is 30.4 Å². The fourth-order valence-electron chi connectivity index (χ4n) is 6.31. The first-order valence-electron chi connectivity index (χ1n) is 16.2. The Balaban J connectivity index is 1.07. The summed E-state index contributed by atoms with van der Waals surface area (Å²) in [5.41, 5.74) is 0.504. The molecule has 15 heteroatoms. The van der Waals surface area contributed by atoms with E-state index in [0.717, 1.165) is 11.8 Å². The topological polar surface area (TPSA) is 148 Å². The van der Waals surface area contributed by atoms with Crippen LogP contribution in [0, 0.1) is 0 Å². The molecule has 0 radical (unpaired) electrons. The van der Waals surface area contributed by atoms with Crippen LogP contribution in [0.3, 0.4) is 0 Å². The number of halogens is 1. The van der Waals surface area contributed by atoms with Crippen molar-refractivity contribution in [2.24, 2.45) is 0 Å². The molecule has 0 aliphatic carbocycles. The van der Waals surface area contributed by atoms with E-state index >= 15 is 0 Å². The van der Waals surface area contributed by atoms with E-state index in [1.165, 1.54) is 17.0 Å². The minimum atomic E-state index is -3.95. The van der Waals surface area contributed by atoms with Crippen molar-refractivity contribution in [3.8, 4) is 0 Å². The van der Waals surface area contributed by atoms with Crippen LogP contribution in [0.5, 0.6) is 0 Å². The Kier molecular flexibility index (Phi) is 11.2. The van der Waals surface area contributed by atoms with Gasteiger partial charge in [0, 0.05) is 49.9 Å². The zero-order valence-corrected chi connectivity index (χ0v) is 28.8. The number of likely N-dealkylation sites (tertiary alicyclic amines) is 1. The summed E-state index contributed by atoms with van der Waals surface area (Å²) in [6.45, 7) is 5.93. The van der Waals surface area contributed by atoms with Crippen LogP contribution in [0.4, 0.5) is 0 Å². The Bertz CT molecular complexity index is 1690. The van der Waals surface area contributed by atoms with E-state index in [4.69, 9.17) is 16.3 Å². The summed E-state index contributed by atoms with van der Waals surface area (Å²) in [6.07, 6.45) is 2.23. The molecule has 3 amide bonds. The smallest absolute Gasteiger partial charge is 0.309 e. The van der Waals surface area contributed by atoms with Gasteiger partial charge in [-0.3, -0.25) is 19.2 Å². The van der Waals surface area contributed by atoms with Crippen LogP contribution in [0.25, 0.3) is 10.8 Å². The summed E-state index contributed by atoms with van der Waals surface area (Å²) in [5.74, 6) is -1.93. The molecule has 48 heavy (non-hydrogen) atoms. The minimum absolute atomic E-state index is 0.00454. The van der Waals surface area contributed by atoms with Gasteiger partial charge < -0.3 is 34.3 Å². The van der Waals surface area contributed by atoms with Gasteiger partial charge >= 0.3 is 5.97 Å². The number of rotatable bonds is 13.